The molecule has 1 unspecified atom stereocenters. The van der Waals surface area contributed by atoms with E-state index in [1.165, 1.54) is 23.3 Å². The van der Waals surface area contributed by atoms with Crippen molar-refractivity contribution in [3.05, 3.63) is 36.8 Å². The number of rotatable bonds is 5. The number of hydrogen-bond acceptors (Lipinski definition) is 3. The number of carbonyl (C=O) groups is 1. The molecular formula is C15H19O3WY-3. The second kappa shape index (κ2) is 11.0. The first kappa shape index (κ1) is 20.4. The van der Waals surface area contributed by atoms with Gasteiger partial charge in [-0.15, -0.1) is 0 Å². The molecule has 0 aromatic rings. The third-order valence-electron chi connectivity index (χ3n) is 2.85. The monoisotopic (exact) mass is 520 g/mol. The van der Waals surface area contributed by atoms with Crippen LogP contribution in [0.1, 0.15) is 26.2 Å². The van der Waals surface area contributed by atoms with Crippen LogP contribution >= 0.6 is 0 Å². The van der Waals surface area contributed by atoms with Crippen molar-refractivity contribution < 1.29 is 66.3 Å². The molecule has 109 valence electrons. The Morgan fingerprint density at radius 3 is 2.90 bits per heavy atom. The fraction of sp³-hybridized carbons (Fsp3) is 0.467. The Hall–Kier alpha value is 0.412. The summed E-state index contributed by atoms with van der Waals surface area (Å²) in [7, 11) is 1.55. The summed E-state index contributed by atoms with van der Waals surface area (Å²) in [4.78, 5) is 11.6. The number of allylic oxidation sites excluding steroid dienone is 2. The molecular weight excluding hydrogens is 501 g/mol. The minimum absolute atomic E-state index is 0. The van der Waals surface area contributed by atoms with Gasteiger partial charge in [-0.2, -0.15) is 0 Å². The van der Waals surface area contributed by atoms with E-state index in [0.717, 1.165) is 18.4 Å². The van der Waals surface area contributed by atoms with Crippen LogP contribution in [-0.2, 0) is 66.3 Å². The van der Waals surface area contributed by atoms with Gasteiger partial charge in [0.2, 0.25) is 0 Å². The van der Waals surface area contributed by atoms with E-state index in [4.69, 9.17) is 16.1 Å². The van der Waals surface area contributed by atoms with Gasteiger partial charge in [0.15, 0.2) is 0 Å². The largest absolute Gasteiger partial charge is 0 e. The van der Waals surface area contributed by atoms with Gasteiger partial charge < -0.3 is 0 Å². The molecule has 0 aromatic carbocycles. The van der Waals surface area contributed by atoms with Gasteiger partial charge in [0.05, 0.1) is 0 Å². The van der Waals surface area contributed by atoms with Crippen LogP contribution < -0.4 is 0 Å². The van der Waals surface area contributed by atoms with Crippen molar-refractivity contribution in [1.29, 1.82) is 0 Å². The van der Waals surface area contributed by atoms with E-state index in [-0.39, 0.29) is 44.6 Å². The van der Waals surface area contributed by atoms with E-state index in [0.29, 0.717) is 18.8 Å². The molecule has 0 aliphatic heterocycles. The fourth-order valence-electron chi connectivity index (χ4n) is 1.88. The smallest absolute Gasteiger partial charge is 0 e. The van der Waals surface area contributed by atoms with E-state index < -0.39 is 0 Å². The van der Waals surface area contributed by atoms with Crippen molar-refractivity contribution >= 4 is 9.87 Å². The van der Waals surface area contributed by atoms with E-state index >= 15 is 0 Å². The quantitative estimate of drug-likeness (QED) is 0.242. The van der Waals surface area contributed by atoms with Gasteiger partial charge in [0, 0.05) is 32.7 Å². The van der Waals surface area contributed by atoms with Crippen molar-refractivity contribution in [3.63, 3.8) is 0 Å². The van der Waals surface area contributed by atoms with Crippen LogP contribution in [0.4, 0.5) is 0 Å². The minimum Gasteiger partial charge on any atom is 0 e. The van der Waals surface area contributed by atoms with Crippen molar-refractivity contribution in [2.75, 3.05) is 13.7 Å². The normalized spacial score (nSPS) is 20.8. The number of esters is 1. The summed E-state index contributed by atoms with van der Waals surface area (Å²) in [6.07, 6.45) is 8.37. The van der Waals surface area contributed by atoms with Gasteiger partial charge in [-0.05, 0) is 0 Å². The third-order valence-corrected chi connectivity index (χ3v) is 4.88. The van der Waals surface area contributed by atoms with Crippen molar-refractivity contribution in [3.8, 4) is 0 Å². The van der Waals surface area contributed by atoms with E-state index in [2.05, 4.69) is 12.8 Å². The predicted octanol–water partition coefficient (Wildman–Crippen LogP) is 2.36. The van der Waals surface area contributed by atoms with Crippen LogP contribution in [0.15, 0.2) is 17.4 Å². The molecule has 1 rings (SSSR count). The van der Waals surface area contributed by atoms with Crippen LogP contribution in [0.5, 0.6) is 0 Å². The third kappa shape index (κ3) is 6.92. The Bertz CT molecular complexity index is 391. The summed E-state index contributed by atoms with van der Waals surface area (Å²) in [6.45, 7) is 7.96. The maximum absolute atomic E-state index is 11.6. The minimum atomic E-state index is -0.146. The molecule has 0 aromatic heterocycles. The van der Waals surface area contributed by atoms with Crippen LogP contribution in [0.2, 0.25) is 0 Å². The first-order valence-electron chi connectivity index (χ1n) is 6.30. The number of methoxy groups -OCH3 is 1. The zero-order chi connectivity index (χ0) is 14.3. The Balaban J connectivity index is 0.00000361. The SMILES string of the molecule is [CH-]=C(/C=C1/C[CH-]C[CH-]C(CC(=O)OCC)[C]1=[W])OC.[Y]. The summed E-state index contributed by atoms with van der Waals surface area (Å²) in [5.41, 5.74) is 1.15. The van der Waals surface area contributed by atoms with Crippen molar-refractivity contribution in [2.45, 2.75) is 26.2 Å². The molecule has 1 fully saturated rings. The van der Waals surface area contributed by atoms with Crippen molar-refractivity contribution in [2.24, 2.45) is 5.92 Å². The average Bonchev–Trinajstić information content (AvgIpc) is 2.54. The Morgan fingerprint density at radius 2 is 2.30 bits per heavy atom. The van der Waals surface area contributed by atoms with E-state index in [1.807, 2.05) is 13.0 Å². The molecule has 0 N–H and O–H groups in total. The summed E-state index contributed by atoms with van der Waals surface area (Å²) in [6, 6.07) is 0. The molecule has 0 saturated heterocycles. The van der Waals surface area contributed by atoms with Gasteiger partial charge in [-0.1, -0.05) is 0 Å². The molecule has 0 heterocycles. The standard InChI is InChI=1S/C15H19O3.W.Y/c1-4-18-15(16)11-14-8-6-5-7-13(10-14)9-12(2)17-3;;/h2,5,8-9,14H,4,6-7,11H2,1,3H3;;/q-3;;/b13-9-;;. The number of carbonyl (C=O) groups excluding carboxylic acids is 1. The van der Waals surface area contributed by atoms with Crippen LogP contribution in [0.25, 0.3) is 0 Å². The topological polar surface area (TPSA) is 35.5 Å². The van der Waals surface area contributed by atoms with E-state index in [9.17, 15) is 4.79 Å². The molecule has 20 heavy (non-hydrogen) atoms. The summed E-state index contributed by atoms with van der Waals surface area (Å²) >= 11 is 1.35. The van der Waals surface area contributed by atoms with Crippen molar-refractivity contribution in [1.82, 2.24) is 0 Å². The average molecular weight is 520 g/mol. The molecule has 0 amide bonds. The van der Waals surface area contributed by atoms with Crippen LogP contribution in [0.3, 0.4) is 0 Å². The molecule has 1 atom stereocenters. The first-order valence-corrected chi connectivity index (χ1v) is 7.77. The van der Waals surface area contributed by atoms with Gasteiger partial charge in [0.25, 0.3) is 0 Å². The van der Waals surface area contributed by atoms with E-state index in [1.54, 1.807) is 7.11 Å². The van der Waals surface area contributed by atoms with Gasteiger partial charge >= 0.3 is 126 Å². The molecule has 1 saturated carbocycles. The molecule has 0 spiro atoms. The van der Waals surface area contributed by atoms with Crippen LogP contribution in [-0.4, -0.2) is 23.6 Å². The van der Waals surface area contributed by atoms with Crippen LogP contribution in [0, 0.1) is 25.3 Å². The molecule has 1 radical (unpaired) electrons. The molecule has 1 aliphatic rings. The molecule has 1 aliphatic carbocycles. The zero-order valence-corrected chi connectivity index (χ0v) is 17.7. The maximum atomic E-state index is 11.6. The zero-order valence-electron chi connectivity index (χ0n) is 11.9. The summed E-state index contributed by atoms with van der Waals surface area (Å²) in [5, 5.41) is 0. The Kier molecular flexibility index (Phi) is 11.3. The maximum Gasteiger partial charge on any atom is 0 e. The predicted molar refractivity (Wildman–Crippen MR) is 70.5 cm³/mol. The Labute approximate surface area is 157 Å². The van der Waals surface area contributed by atoms with Gasteiger partial charge in [0.1, 0.15) is 0 Å². The number of hydrogen-bond donors (Lipinski definition) is 0. The fourth-order valence-corrected chi connectivity index (χ4v) is 3.04. The first-order chi connectivity index (χ1) is 9.08. The van der Waals surface area contributed by atoms with Gasteiger partial charge in [-0.25, -0.2) is 0 Å². The summed E-state index contributed by atoms with van der Waals surface area (Å²) < 4.78 is 11.3. The van der Waals surface area contributed by atoms with Gasteiger partial charge in [-0.3, -0.25) is 0 Å². The second-order valence-electron chi connectivity index (χ2n) is 4.22. The second-order valence-corrected chi connectivity index (χ2v) is 5.80. The summed E-state index contributed by atoms with van der Waals surface area (Å²) in [5.74, 6) is 0.398. The molecule has 3 nitrogen and oxygen atoms in total. The molecule has 0 bridgehead atoms. The number of ether oxygens (including phenoxy) is 2. The molecule has 5 heteroatoms. The Morgan fingerprint density at radius 1 is 1.60 bits per heavy atom.